The number of nitrogens with zero attached hydrogens (tertiary/aromatic N) is 4. The molecule has 0 aliphatic carbocycles. The first-order chi connectivity index (χ1) is 17.0. The van der Waals surface area contributed by atoms with Crippen LogP contribution in [0.5, 0.6) is 0 Å². The van der Waals surface area contributed by atoms with Crippen molar-refractivity contribution in [3.63, 3.8) is 0 Å². The van der Waals surface area contributed by atoms with Crippen LogP contribution in [-0.4, -0.2) is 51.3 Å². The average Bonchev–Trinajstić information content (AvgIpc) is 3.31. The molecule has 0 saturated heterocycles. The summed E-state index contributed by atoms with van der Waals surface area (Å²) >= 11 is 1.24. The lowest BCUT2D eigenvalue weighted by Crippen LogP contribution is -2.28. The summed E-state index contributed by atoms with van der Waals surface area (Å²) in [7, 11) is 3.31. The molecule has 1 aromatic heterocycles. The van der Waals surface area contributed by atoms with Crippen LogP contribution in [0.1, 0.15) is 15.9 Å². The number of thioether (sulfide) groups is 1. The number of nitrogens with one attached hydrogen (secondary N) is 1. The lowest BCUT2D eigenvalue weighted by Gasteiger charge is -2.17. The van der Waals surface area contributed by atoms with Crippen molar-refractivity contribution in [1.29, 1.82) is 0 Å². The smallest absolute Gasteiger partial charge is 0.251 e. The molecule has 9 heteroatoms. The first kappa shape index (κ1) is 24.2. The molecule has 0 fully saturated rings. The van der Waals surface area contributed by atoms with Gasteiger partial charge in [-0.15, -0.1) is 10.2 Å². The van der Waals surface area contributed by atoms with Crippen LogP contribution in [0.25, 0.3) is 17.1 Å². The van der Waals surface area contributed by atoms with Crippen LogP contribution in [0.4, 0.5) is 4.39 Å². The molecule has 0 aliphatic heterocycles. The van der Waals surface area contributed by atoms with Crippen molar-refractivity contribution in [2.75, 3.05) is 19.8 Å². The van der Waals surface area contributed by atoms with E-state index < -0.39 is 5.82 Å². The van der Waals surface area contributed by atoms with Gasteiger partial charge in [-0.3, -0.25) is 14.2 Å². The third-order valence-electron chi connectivity index (χ3n) is 5.38. The largest absolute Gasteiger partial charge is 0.355 e. The minimum atomic E-state index is -0.396. The van der Waals surface area contributed by atoms with Gasteiger partial charge in [0.2, 0.25) is 5.91 Å². The molecule has 35 heavy (non-hydrogen) atoms. The van der Waals surface area contributed by atoms with Gasteiger partial charge in [0, 0.05) is 31.9 Å². The Morgan fingerprint density at radius 3 is 2.34 bits per heavy atom. The van der Waals surface area contributed by atoms with E-state index in [1.807, 2.05) is 42.5 Å². The van der Waals surface area contributed by atoms with E-state index >= 15 is 0 Å². The third-order valence-corrected chi connectivity index (χ3v) is 6.29. The topological polar surface area (TPSA) is 80.1 Å². The zero-order chi connectivity index (χ0) is 24.8. The molecule has 0 spiro atoms. The fraction of sp³-hybridized carbons (Fsp3) is 0.154. The molecule has 1 heterocycles. The Kier molecular flexibility index (Phi) is 7.57. The van der Waals surface area contributed by atoms with E-state index in [0.717, 1.165) is 11.3 Å². The van der Waals surface area contributed by atoms with E-state index in [1.165, 1.54) is 17.8 Å². The lowest BCUT2D eigenvalue weighted by molar-refractivity contribution is -0.127. The number of halogens is 1. The van der Waals surface area contributed by atoms with Gasteiger partial charge < -0.3 is 10.2 Å². The van der Waals surface area contributed by atoms with Crippen LogP contribution in [-0.2, 0) is 11.3 Å². The Bertz CT molecular complexity index is 1330. The molecule has 4 rings (SSSR count). The van der Waals surface area contributed by atoms with Crippen molar-refractivity contribution in [1.82, 2.24) is 25.0 Å². The molecule has 0 aliphatic rings. The zero-order valence-electron chi connectivity index (χ0n) is 19.3. The molecule has 178 valence electrons. The molecular formula is C26H24FN5O2S. The number of carbonyl (C=O) groups excluding carboxylic acids is 2. The molecule has 0 bridgehead atoms. The predicted octanol–water partition coefficient (Wildman–Crippen LogP) is 4.18. The van der Waals surface area contributed by atoms with Gasteiger partial charge in [0.15, 0.2) is 11.0 Å². The second-order valence-electron chi connectivity index (χ2n) is 7.77. The van der Waals surface area contributed by atoms with Crippen LogP contribution in [0.15, 0.2) is 84.0 Å². The number of para-hydroxylation sites is 1. The van der Waals surface area contributed by atoms with Crippen molar-refractivity contribution in [2.24, 2.45) is 0 Å². The highest BCUT2D eigenvalue weighted by Gasteiger charge is 2.20. The predicted molar refractivity (Wildman–Crippen MR) is 134 cm³/mol. The van der Waals surface area contributed by atoms with Gasteiger partial charge in [0.05, 0.1) is 11.3 Å². The van der Waals surface area contributed by atoms with E-state index in [-0.39, 0.29) is 17.6 Å². The van der Waals surface area contributed by atoms with E-state index in [9.17, 15) is 14.0 Å². The first-order valence-electron chi connectivity index (χ1n) is 10.9. The molecule has 0 atom stereocenters. The summed E-state index contributed by atoms with van der Waals surface area (Å²) < 4.78 is 16.3. The normalized spacial score (nSPS) is 10.7. The summed E-state index contributed by atoms with van der Waals surface area (Å²) in [6, 6.07) is 22.9. The van der Waals surface area contributed by atoms with Gasteiger partial charge in [-0.05, 0) is 42.0 Å². The Hall–Kier alpha value is -3.98. The van der Waals surface area contributed by atoms with Crippen molar-refractivity contribution in [3.05, 3.63) is 95.8 Å². The van der Waals surface area contributed by atoms with Crippen molar-refractivity contribution >= 4 is 23.6 Å². The average molecular weight is 490 g/mol. The highest BCUT2D eigenvalue weighted by atomic mass is 32.2. The Morgan fingerprint density at radius 1 is 0.971 bits per heavy atom. The van der Waals surface area contributed by atoms with Crippen LogP contribution < -0.4 is 5.32 Å². The number of benzene rings is 3. The summed E-state index contributed by atoms with van der Waals surface area (Å²) in [6.45, 7) is 0.402. The first-order valence-corrected chi connectivity index (χ1v) is 11.9. The van der Waals surface area contributed by atoms with Gasteiger partial charge in [-0.2, -0.15) is 0 Å². The minimum Gasteiger partial charge on any atom is -0.355 e. The Labute approximate surface area is 207 Å². The standard InChI is InChI=1S/C26H24FN5O2S/c1-28-25(34)19-14-12-18(13-15-19)16-31(2)23(33)17-35-26-30-29-24(21-10-6-7-11-22(21)27)32(26)20-8-4-3-5-9-20/h3-15H,16-17H2,1-2H3,(H,28,34). The van der Waals surface area contributed by atoms with E-state index in [0.29, 0.717) is 28.7 Å². The fourth-order valence-electron chi connectivity index (χ4n) is 3.49. The summed E-state index contributed by atoms with van der Waals surface area (Å²) in [5.74, 6) is -0.148. The summed E-state index contributed by atoms with van der Waals surface area (Å²) in [4.78, 5) is 26.2. The van der Waals surface area contributed by atoms with Crippen LogP contribution in [0.2, 0.25) is 0 Å². The minimum absolute atomic E-state index is 0.0968. The lowest BCUT2D eigenvalue weighted by atomic mass is 10.1. The quantitative estimate of drug-likeness (QED) is 0.376. The molecule has 0 saturated carbocycles. The maximum Gasteiger partial charge on any atom is 0.251 e. The number of carbonyl (C=O) groups is 2. The summed E-state index contributed by atoms with van der Waals surface area (Å²) in [6.07, 6.45) is 0. The fourth-order valence-corrected chi connectivity index (χ4v) is 4.39. The highest BCUT2D eigenvalue weighted by molar-refractivity contribution is 7.99. The second kappa shape index (κ2) is 11.0. The van der Waals surface area contributed by atoms with Gasteiger partial charge in [-0.25, -0.2) is 4.39 Å². The van der Waals surface area contributed by atoms with E-state index in [1.54, 1.807) is 53.9 Å². The molecule has 7 nitrogen and oxygen atoms in total. The van der Waals surface area contributed by atoms with Gasteiger partial charge >= 0.3 is 0 Å². The van der Waals surface area contributed by atoms with Crippen LogP contribution in [0.3, 0.4) is 0 Å². The molecule has 1 N–H and O–H groups in total. The summed E-state index contributed by atoms with van der Waals surface area (Å²) in [5, 5.41) is 11.6. The maximum absolute atomic E-state index is 14.5. The van der Waals surface area contributed by atoms with Crippen LogP contribution in [0, 0.1) is 5.82 Å². The van der Waals surface area contributed by atoms with Gasteiger partial charge in [0.25, 0.3) is 5.91 Å². The Morgan fingerprint density at radius 2 is 1.66 bits per heavy atom. The highest BCUT2D eigenvalue weighted by Crippen LogP contribution is 2.29. The van der Waals surface area contributed by atoms with Gasteiger partial charge in [-0.1, -0.05) is 54.2 Å². The molecule has 0 unspecified atom stereocenters. The molecule has 0 radical (unpaired) electrons. The van der Waals surface area contributed by atoms with Crippen LogP contribution >= 0.6 is 11.8 Å². The number of rotatable bonds is 8. The summed E-state index contributed by atoms with van der Waals surface area (Å²) in [5.41, 5.74) is 2.58. The molecule has 4 aromatic rings. The number of hydrogen-bond donors (Lipinski definition) is 1. The number of aromatic nitrogens is 3. The SMILES string of the molecule is CNC(=O)c1ccc(CN(C)C(=O)CSc2nnc(-c3ccccc3F)n2-c2ccccc2)cc1. The second-order valence-corrected chi connectivity index (χ2v) is 8.71. The van der Waals surface area contributed by atoms with Gasteiger partial charge in [0.1, 0.15) is 5.82 Å². The monoisotopic (exact) mass is 489 g/mol. The molecule has 3 aromatic carbocycles. The number of hydrogen-bond acceptors (Lipinski definition) is 5. The zero-order valence-corrected chi connectivity index (χ0v) is 20.1. The Balaban J connectivity index is 1.50. The maximum atomic E-state index is 14.5. The van der Waals surface area contributed by atoms with E-state index in [2.05, 4.69) is 15.5 Å². The van der Waals surface area contributed by atoms with Crippen molar-refractivity contribution in [2.45, 2.75) is 11.7 Å². The molecule has 2 amide bonds. The molecular weight excluding hydrogens is 465 g/mol. The van der Waals surface area contributed by atoms with Crippen molar-refractivity contribution < 1.29 is 14.0 Å². The van der Waals surface area contributed by atoms with Crippen molar-refractivity contribution in [3.8, 4) is 17.1 Å². The van der Waals surface area contributed by atoms with E-state index in [4.69, 9.17) is 0 Å². The third kappa shape index (κ3) is 5.58. The number of amides is 2.